The molecule has 0 aromatic rings. The molecule has 0 spiro atoms. The third kappa shape index (κ3) is 13.4. The summed E-state index contributed by atoms with van der Waals surface area (Å²) < 4.78 is 11.7. The van der Waals surface area contributed by atoms with E-state index in [-0.39, 0.29) is 18.4 Å². The van der Waals surface area contributed by atoms with Crippen molar-refractivity contribution in [3.8, 4) is 0 Å². The predicted octanol–water partition coefficient (Wildman–Crippen LogP) is 8.70. The minimum Gasteiger partial charge on any atom is -0.481 e. The lowest BCUT2D eigenvalue weighted by molar-refractivity contribution is -0.304. The summed E-state index contributed by atoms with van der Waals surface area (Å²) in [4.78, 5) is 39.8. The summed E-state index contributed by atoms with van der Waals surface area (Å²) in [5.74, 6) is -3.27. The van der Waals surface area contributed by atoms with Crippen molar-refractivity contribution < 1.29 is 29.0 Å². The first-order valence-electron chi connectivity index (χ1n) is 18.8. The third-order valence-electron chi connectivity index (χ3n) is 10.5. The van der Waals surface area contributed by atoms with Crippen LogP contribution in [-0.2, 0) is 23.9 Å². The summed E-state index contributed by atoms with van der Waals surface area (Å²) in [5, 5.41) is 16.6. The van der Waals surface area contributed by atoms with E-state index < -0.39 is 40.1 Å². The number of amides is 2. The van der Waals surface area contributed by atoms with Gasteiger partial charge in [0.1, 0.15) is 6.10 Å². The molecule has 1 aliphatic carbocycles. The Morgan fingerprint density at radius 1 is 0.804 bits per heavy atom. The molecule has 2 unspecified atom stereocenters. The molecule has 1 saturated carbocycles. The molecule has 3 N–H and O–H groups in total. The molecule has 2 rings (SSSR count). The Bertz CT molecular complexity index is 924. The SMILES string of the molecule is CCCCCCCCCCCCCCCCC(C)(C)C(=O)NC1(C(CNC(=O)C2OC(C)(C)OCC2(C)C)C(=O)O)CCCCC1. The van der Waals surface area contributed by atoms with E-state index in [1.54, 1.807) is 13.8 Å². The average Bonchev–Trinajstić information content (AvgIpc) is 2.99. The van der Waals surface area contributed by atoms with E-state index in [4.69, 9.17) is 9.47 Å². The van der Waals surface area contributed by atoms with E-state index in [0.29, 0.717) is 19.4 Å². The molecule has 2 amide bonds. The molecule has 0 radical (unpaired) electrons. The Hall–Kier alpha value is -1.67. The van der Waals surface area contributed by atoms with Gasteiger partial charge in [0.15, 0.2) is 5.79 Å². The molecule has 2 fully saturated rings. The van der Waals surface area contributed by atoms with Gasteiger partial charge >= 0.3 is 5.97 Å². The second-order valence-electron chi connectivity index (χ2n) is 16.2. The molecule has 2 aliphatic rings. The molecule has 8 heteroatoms. The van der Waals surface area contributed by atoms with Crippen LogP contribution in [0, 0.1) is 16.7 Å². The Balaban J connectivity index is 1.84. The van der Waals surface area contributed by atoms with Gasteiger partial charge in [-0.3, -0.25) is 14.4 Å². The highest BCUT2D eigenvalue weighted by Crippen LogP contribution is 2.38. The lowest BCUT2D eigenvalue weighted by Crippen LogP contribution is -2.63. The molecule has 1 saturated heterocycles. The van der Waals surface area contributed by atoms with Crippen molar-refractivity contribution in [2.45, 2.75) is 194 Å². The third-order valence-corrected chi connectivity index (χ3v) is 10.5. The van der Waals surface area contributed by atoms with E-state index in [1.165, 1.54) is 77.0 Å². The van der Waals surface area contributed by atoms with Gasteiger partial charge in [0, 0.05) is 17.4 Å². The van der Waals surface area contributed by atoms with Crippen molar-refractivity contribution in [2.75, 3.05) is 13.2 Å². The van der Waals surface area contributed by atoms with Gasteiger partial charge in [0.2, 0.25) is 11.8 Å². The first-order chi connectivity index (χ1) is 21.7. The largest absolute Gasteiger partial charge is 0.481 e. The topological polar surface area (TPSA) is 114 Å². The molecular weight excluding hydrogens is 580 g/mol. The zero-order chi connectivity index (χ0) is 34.3. The van der Waals surface area contributed by atoms with Gasteiger partial charge in [0.25, 0.3) is 0 Å². The number of carboxylic acid groups (broad SMARTS) is 1. The van der Waals surface area contributed by atoms with Gasteiger partial charge in [0.05, 0.1) is 18.1 Å². The number of hydrogen-bond acceptors (Lipinski definition) is 5. The van der Waals surface area contributed by atoms with Crippen LogP contribution in [0.25, 0.3) is 0 Å². The molecular formula is C38H70N2O6. The fourth-order valence-electron chi connectivity index (χ4n) is 7.15. The number of unbranched alkanes of at least 4 members (excludes halogenated alkanes) is 13. The van der Waals surface area contributed by atoms with Gasteiger partial charge in [-0.25, -0.2) is 0 Å². The number of aliphatic carboxylic acids is 1. The lowest BCUT2D eigenvalue weighted by Gasteiger charge is -2.46. The van der Waals surface area contributed by atoms with Crippen LogP contribution in [0.3, 0.4) is 0 Å². The molecule has 46 heavy (non-hydrogen) atoms. The fraction of sp³-hybridized carbons (Fsp3) is 0.921. The van der Waals surface area contributed by atoms with Crippen LogP contribution in [0.2, 0.25) is 0 Å². The van der Waals surface area contributed by atoms with Crippen molar-refractivity contribution >= 4 is 17.8 Å². The summed E-state index contributed by atoms with van der Waals surface area (Å²) in [6.45, 7) is 13.9. The smallest absolute Gasteiger partial charge is 0.310 e. The highest BCUT2D eigenvalue weighted by atomic mass is 16.7. The molecule has 0 bridgehead atoms. The molecule has 268 valence electrons. The fourth-order valence-corrected chi connectivity index (χ4v) is 7.15. The average molecular weight is 651 g/mol. The maximum absolute atomic E-state index is 13.7. The first-order valence-corrected chi connectivity index (χ1v) is 18.8. The van der Waals surface area contributed by atoms with Crippen molar-refractivity contribution in [2.24, 2.45) is 16.7 Å². The van der Waals surface area contributed by atoms with E-state index in [0.717, 1.165) is 38.5 Å². The van der Waals surface area contributed by atoms with E-state index in [9.17, 15) is 19.5 Å². The number of carbonyl (C=O) groups is 3. The molecule has 8 nitrogen and oxygen atoms in total. The van der Waals surface area contributed by atoms with E-state index >= 15 is 0 Å². The number of carboxylic acids is 1. The zero-order valence-corrected chi connectivity index (χ0v) is 30.7. The Labute approximate surface area is 281 Å². The molecule has 0 aromatic carbocycles. The molecule has 1 heterocycles. The minimum absolute atomic E-state index is 0.0644. The second-order valence-corrected chi connectivity index (χ2v) is 16.2. The van der Waals surface area contributed by atoms with Gasteiger partial charge in [-0.15, -0.1) is 0 Å². The van der Waals surface area contributed by atoms with Crippen molar-refractivity contribution in [3.63, 3.8) is 0 Å². The Morgan fingerprint density at radius 2 is 1.30 bits per heavy atom. The molecule has 0 aromatic heterocycles. The van der Waals surface area contributed by atoms with Gasteiger partial charge in [-0.05, 0) is 33.1 Å². The summed E-state index contributed by atoms with van der Waals surface area (Å²) in [6, 6.07) is 0. The maximum Gasteiger partial charge on any atom is 0.310 e. The monoisotopic (exact) mass is 651 g/mol. The number of carbonyl (C=O) groups excluding carboxylic acids is 2. The number of nitrogens with one attached hydrogen (secondary N) is 2. The van der Waals surface area contributed by atoms with E-state index in [1.807, 2.05) is 27.7 Å². The van der Waals surface area contributed by atoms with Crippen molar-refractivity contribution in [1.29, 1.82) is 0 Å². The number of rotatable bonds is 22. The quantitative estimate of drug-likeness (QED) is 0.101. The summed E-state index contributed by atoms with van der Waals surface area (Å²) in [5.41, 5.74) is -2.06. The van der Waals surface area contributed by atoms with E-state index in [2.05, 4.69) is 17.6 Å². The number of ether oxygens (including phenoxy) is 2. The van der Waals surface area contributed by atoms with Crippen LogP contribution in [0.15, 0.2) is 0 Å². The summed E-state index contributed by atoms with van der Waals surface area (Å²) >= 11 is 0. The van der Waals surface area contributed by atoms with Crippen LogP contribution < -0.4 is 10.6 Å². The Kier molecular flexibility index (Phi) is 17.0. The van der Waals surface area contributed by atoms with Crippen molar-refractivity contribution in [3.05, 3.63) is 0 Å². The highest BCUT2D eigenvalue weighted by molar-refractivity contribution is 5.85. The number of hydrogen-bond donors (Lipinski definition) is 3. The molecule has 2 atom stereocenters. The predicted molar refractivity (Wildman–Crippen MR) is 185 cm³/mol. The lowest BCUT2D eigenvalue weighted by atomic mass is 9.71. The van der Waals surface area contributed by atoms with Crippen LogP contribution in [0.4, 0.5) is 0 Å². The zero-order valence-electron chi connectivity index (χ0n) is 30.7. The van der Waals surface area contributed by atoms with Gasteiger partial charge < -0.3 is 25.2 Å². The standard InChI is InChI=1S/C38H70N2O6/c1-8-9-10-11-12-13-14-15-16-17-18-19-20-22-25-35(2,3)34(44)40-38(26-23-21-24-27-38)30(33(42)43)28-39-32(41)31-36(4,5)29-45-37(6,7)46-31/h30-31H,8-29H2,1-7H3,(H,39,41)(H,40,44)(H,42,43). The van der Waals surface area contributed by atoms with Crippen molar-refractivity contribution in [1.82, 2.24) is 10.6 Å². The second kappa shape index (κ2) is 19.4. The van der Waals surface area contributed by atoms with Crippen LogP contribution >= 0.6 is 0 Å². The summed E-state index contributed by atoms with van der Waals surface area (Å²) in [6.07, 6.45) is 22.0. The summed E-state index contributed by atoms with van der Waals surface area (Å²) in [7, 11) is 0. The highest BCUT2D eigenvalue weighted by Gasteiger charge is 2.49. The molecule has 1 aliphatic heterocycles. The maximum atomic E-state index is 13.7. The Morgan fingerprint density at radius 3 is 1.80 bits per heavy atom. The van der Waals surface area contributed by atoms with Crippen LogP contribution in [0.1, 0.15) is 177 Å². The minimum atomic E-state index is -1.00. The van der Waals surface area contributed by atoms with Crippen LogP contribution in [0.5, 0.6) is 0 Å². The first kappa shape index (κ1) is 40.5. The van der Waals surface area contributed by atoms with Crippen LogP contribution in [-0.4, -0.2) is 53.5 Å². The van der Waals surface area contributed by atoms with Gasteiger partial charge in [-0.1, -0.05) is 144 Å². The normalized spacial score (nSPS) is 21.3. The van der Waals surface area contributed by atoms with Gasteiger partial charge in [-0.2, -0.15) is 0 Å².